The van der Waals surface area contributed by atoms with Gasteiger partial charge in [0.1, 0.15) is 6.10 Å². The third kappa shape index (κ3) is 3.25. The molecule has 0 unspecified atom stereocenters. The molecule has 4 nitrogen and oxygen atoms in total. The average Bonchev–Trinajstić information content (AvgIpc) is 3.08. The van der Waals surface area contributed by atoms with Gasteiger partial charge in [0, 0.05) is 31.6 Å². The van der Waals surface area contributed by atoms with Crippen molar-refractivity contribution >= 4 is 5.91 Å². The van der Waals surface area contributed by atoms with Gasteiger partial charge in [-0.15, -0.1) is 0 Å². The minimum Gasteiger partial charge on any atom is -0.472 e. The fourth-order valence-electron chi connectivity index (χ4n) is 2.44. The minimum atomic E-state index is 0.0957. The number of nitrogens with zero attached hydrogens (tertiary/aromatic N) is 2. The van der Waals surface area contributed by atoms with Crippen molar-refractivity contribution in [3.63, 3.8) is 0 Å². The molecule has 1 aliphatic carbocycles. The molecule has 0 N–H and O–H groups in total. The summed E-state index contributed by atoms with van der Waals surface area (Å²) in [6, 6.07) is 3.89. The third-order valence-electron chi connectivity index (χ3n) is 3.83. The number of rotatable bonds is 4. The van der Waals surface area contributed by atoms with Crippen molar-refractivity contribution in [2.45, 2.75) is 38.7 Å². The first-order valence-corrected chi connectivity index (χ1v) is 7.08. The minimum absolute atomic E-state index is 0.0957. The zero-order valence-electron chi connectivity index (χ0n) is 11.3. The molecule has 2 fully saturated rings. The van der Waals surface area contributed by atoms with Gasteiger partial charge in [0.25, 0.3) is 0 Å². The van der Waals surface area contributed by atoms with Crippen LogP contribution in [-0.2, 0) is 4.79 Å². The number of aromatic nitrogens is 1. The van der Waals surface area contributed by atoms with Gasteiger partial charge < -0.3 is 9.64 Å². The quantitative estimate of drug-likeness (QED) is 0.833. The number of ether oxygens (including phenoxy) is 1. The molecule has 0 radical (unpaired) electrons. The van der Waals surface area contributed by atoms with Crippen molar-refractivity contribution < 1.29 is 9.53 Å². The van der Waals surface area contributed by atoms with Gasteiger partial charge >= 0.3 is 0 Å². The van der Waals surface area contributed by atoms with E-state index in [2.05, 4.69) is 4.98 Å². The highest BCUT2D eigenvalue weighted by Crippen LogP contribution is 2.33. The zero-order valence-corrected chi connectivity index (χ0v) is 11.3. The van der Waals surface area contributed by atoms with Crippen LogP contribution in [0.5, 0.6) is 5.88 Å². The SMILES string of the molecule is Cc1ccc(O[C@@H]2CCN(C(=O)CC3CC3)C2)nc1. The molecule has 1 aromatic heterocycles. The molecule has 19 heavy (non-hydrogen) atoms. The largest absolute Gasteiger partial charge is 0.472 e. The molecule has 3 rings (SSSR count). The Balaban J connectivity index is 1.50. The molecule has 1 amide bonds. The van der Waals surface area contributed by atoms with E-state index in [-0.39, 0.29) is 6.10 Å². The van der Waals surface area contributed by atoms with Crippen molar-refractivity contribution in [3.05, 3.63) is 23.9 Å². The Morgan fingerprint density at radius 1 is 1.42 bits per heavy atom. The molecule has 1 saturated carbocycles. The predicted octanol–water partition coefficient (Wildman–Crippen LogP) is 2.17. The second kappa shape index (κ2) is 5.19. The van der Waals surface area contributed by atoms with Crippen molar-refractivity contribution in [3.8, 4) is 5.88 Å². The lowest BCUT2D eigenvalue weighted by molar-refractivity contribution is -0.130. The standard InChI is InChI=1S/C15H20N2O2/c1-11-2-5-14(16-9-11)19-13-6-7-17(10-13)15(18)8-12-3-4-12/h2,5,9,12-13H,3-4,6-8,10H2,1H3/t13-/m1/s1. The van der Waals surface area contributed by atoms with Gasteiger partial charge in [-0.1, -0.05) is 6.07 Å². The highest BCUT2D eigenvalue weighted by Gasteiger charge is 2.31. The van der Waals surface area contributed by atoms with E-state index in [1.54, 1.807) is 6.20 Å². The molecular weight excluding hydrogens is 240 g/mol. The molecule has 2 heterocycles. The van der Waals surface area contributed by atoms with Crippen LogP contribution in [0.3, 0.4) is 0 Å². The van der Waals surface area contributed by atoms with Crippen molar-refractivity contribution in [1.29, 1.82) is 0 Å². The second-order valence-corrected chi connectivity index (χ2v) is 5.69. The highest BCUT2D eigenvalue weighted by atomic mass is 16.5. The Morgan fingerprint density at radius 2 is 2.26 bits per heavy atom. The molecule has 102 valence electrons. The summed E-state index contributed by atoms with van der Waals surface area (Å²) < 4.78 is 5.83. The lowest BCUT2D eigenvalue weighted by atomic mass is 10.2. The fourth-order valence-corrected chi connectivity index (χ4v) is 2.44. The number of aryl methyl sites for hydroxylation is 1. The van der Waals surface area contributed by atoms with E-state index in [0.717, 1.165) is 24.9 Å². The van der Waals surface area contributed by atoms with Crippen LogP contribution in [0.15, 0.2) is 18.3 Å². The van der Waals surface area contributed by atoms with Gasteiger partial charge in [0.15, 0.2) is 0 Å². The summed E-state index contributed by atoms with van der Waals surface area (Å²) in [5, 5.41) is 0. The number of hydrogen-bond acceptors (Lipinski definition) is 3. The second-order valence-electron chi connectivity index (χ2n) is 5.69. The summed E-state index contributed by atoms with van der Waals surface area (Å²) in [6.45, 7) is 3.54. The van der Waals surface area contributed by atoms with Gasteiger partial charge in [-0.2, -0.15) is 0 Å². The molecule has 0 spiro atoms. The molecule has 4 heteroatoms. The van der Waals surface area contributed by atoms with E-state index >= 15 is 0 Å². The summed E-state index contributed by atoms with van der Waals surface area (Å²) in [5.74, 6) is 1.61. The summed E-state index contributed by atoms with van der Waals surface area (Å²) >= 11 is 0. The summed E-state index contributed by atoms with van der Waals surface area (Å²) in [7, 11) is 0. The van der Waals surface area contributed by atoms with E-state index in [4.69, 9.17) is 4.74 Å². The summed E-state index contributed by atoms with van der Waals surface area (Å²) in [6.07, 6.45) is 6.00. The smallest absolute Gasteiger partial charge is 0.222 e. The molecule has 1 saturated heterocycles. The Labute approximate surface area is 113 Å². The summed E-state index contributed by atoms with van der Waals surface area (Å²) in [4.78, 5) is 18.2. The number of amides is 1. The fraction of sp³-hybridized carbons (Fsp3) is 0.600. The van der Waals surface area contributed by atoms with Gasteiger partial charge in [-0.05, 0) is 31.2 Å². The van der Waals surface area contributed by atoms with Crippen LogP contribution >= 0.6 is 0 Å². The van der Waals surface area contributed by atoms with Crippen LogP contribution in [-0.4, -0.2) is 35.0 Å². The average molecular weight is 260 g/mol. The van der Waals surface area contributed by atoms with Gasteiger partial charge in [0.2, 0.25) is 11.8 Å². The normalized spacial score (nSPS) is 22.6. The highest BCUT2D eigenvalue weighted by molar-refractivity contribution is 5.77. The topological polar surface area (TPSA) is 42.4 Å². The molecule has 1 aromatic rings. The number of hydrogen-bond donors (Lipinski definition) is 0. The van der Waals surface area contributed by atoms with Crippen LogP contribution < -0.4 is 4.74 Å². The maximum Gasteiger partial charge on any atom is 0.222 e. The molecule has 0 bridgehead atoms. The number of likely N-dealkylation sites (tertiary alicyclic amines) is 1. The number of carbonyl (C=O) groups is 1. The van der Waals surface area contributed by atoms with Crippen molar-refractivity contribution in [2.24, 2.45) is 5.92 Å². The van der Waals surface area contributed by atoms with Crippen molar-refractivity contribution in [1.82, 2.24) is 9.88 Å². The van der Waals surface area contributed by atoms with E-state index < -0.39 is 0 Å². The van der Waals surface area contributed by atoms with Crippen molar-refractivity contribution in [2.75, 3.05) is 13.1 Å². The maximum absolute atomic E-state index is 12.0. The van der Waals surface area contributed by atoms with E-state index in [9.17, 15) is 4.79 Å². The maximum atomic E-state index is 12.0. The predicted molar refractivity (Wildman–Crippen MR) is 71.9 cm³/mol. The first-order valence-electron chi connectivity index (χ1n) is 7.08. The van der Waals surface area contributed by atoms with Gasteiger partial charge in [-0.25, -0.2) is 4.98 Å². The van der Waals surface area contributed by atoms with Crippen LogP contribution in [0.25, 0.3) is 0 Å². The Bertz CT molecular complexity index is 454. The lowest BCUT2D eigenvalue weighted by Crippen LogP contribution is -2.31. The summed E-state index contributed by atoms with van der Waals surface area (Å²) in [5.41, 5.74) is 1.13. The van der Waals surface area contributed by atoms with Crippen LogP contribution in [0.1, 0.15) is 31.2 Å². The Morgan fingerprint density at radius 3 is 2.95 bits per heavy atom. The van der Waals surface area contributed by atoms with Gasteiger partial charge in [-0.3, -0.25) is 4.79 Å². The number of carbonyl (C=O) groups excluding carboxylic acids is 1. The van der Waals surface area contributed by atoms with Gasteiger partial charge in [0.05, 0.1) is 6.54 Å². The first kappa shape index (κ1) is 12.5. The zero-order chi connectivity index (χ0) is 13.2. The van der Waals surface area contributed by atoms with E-state index in [1.807, 2.05) is 24.0 Å². The molecule has 2 aliphatic rings. The Hall–Kier alpha value is -1.58. The molecule has 0 aromatic carbocycles. The van der Waals surface area contributed by atoms with Crippen LogP contribution in [0, 0.1) is 12.8 Å². The molecule has 1 aliphatic heterocycles. The lowest BCUT2D eigenvalue weighted by Gasteiger charge is -2.16. The third-order valence-corrected chi connectivity index (χ3v) is 3.83. The first-order chi connectivity index (χ1) is 9.20. The molecule has 1 atom stereocenters. The van der Waals surface area contributed by atoms with Crippen LogP contribution in [0.2, 0.25) is 0 Å². The monoisotopic (exact) mass is 260 g/mol. The van der Waals surface area contributed by atoms with E-state index in [0.29, 0.717) is 24.2 Å². The Kier molecular flexibility index (Phi) is 3.40. The van der Waals surface area contributed by atoms with Crippen LogP contribution in [0.4, 0.5) is 0 Å². The van der Waals surface area contributed by atoms with E-state index in [1.165, 1.54) is 12.8 Å². The molecular formula is C15H20N2O2. The number of pyridine rings is 1.